The van der Waals surface area contributed by atoms with Crippen molar-refractivity contribution in [3.63, 3.8) is 0 Å². The number of hydrogen-bond donors (Lipinski definition) is 4. The van der Waals surface area contributed by atoms with Gasteiger partial charge in [-0.05, 0) is 36.8 Å². The van der Waals surface area contributed by atoms with Gasteiger partial charge in [0.2, 0.25) is 11.8 Å². The van der Waals surface area contributed by atoms with E-state index in [1.807, 2.05) is 0 Å². The molecule has 0 saturated heterocycles. The fraction of sp³-hybridized carbons (Fsp3) is 0.120. The summed E-state index contributed by atoms with van der Waals surface area (Å²) in [5, 5.41) is 6.91. The van der Waals surface area contributed by atoms with Crippen molar-refractivity contribution in [3.8, 4) is 11.1 Å². The first-order chi connectivity index (χ1) is 17.1. The van der Waals surface area contributed by atoms with E-state index in [9.17, 15) is 32.3 Å². The number of carbonyl (C=O) groups excluding carboxylic acids is 4. The van der Waals surface area contributed by atoms with Crippen molar-refractivity contribution in [1.82, 2.24) is 10.6 Å². The van der Waals surface area contributed by atoms with Crippen LogP contribution in [0.3, 0.4) is 0 Å². The minimum Gasteiger partial charge on any atom is -0.368 e. The second-order valence-corrected chi connectivity index (χ2v) is 7.74. The number of hydrogen-bond acceptors (Lipinski definition) is 4. The third-order valence-corrected chi connectivity index (χ3v) is 5.00. The zero-order chi connectivity index (χ0) is 26.4. The number of primary amides is 1. The Morgan fingerprint density at radius 2 is 1.53 bits per heavy atom. The molecule has 0 unspecified atom stereocenters. The number of anilines is 1. The summed E-state index contributed by atoms with van der Waals surface area (Å²) in [5.74, 6) is -8.04. The molecule has 4 amide bonds. The summed E-state index contributed by atoms with van der Waals surface area (Å²) in [4.78, 5) is 47.6. The van der Waals surface area contributed by atoms with E-state index in [2.05, 4.69) is 16.0 Å². The third-order valence-electron chi connectivity index (χ3n) is 5.00. The van der Waals surface area contributed by atoms with Crippen LogP contribution < -0.4 is 21.7 Å². The standard InChI is InChI=1S/C25H21F3N4O4/c1-13-5-7-14(8-6-13)17-10-18(26)22(27)23(28)21(17)25(36)32-16-4-2-3-15(9-16)24(35)31-12-20(34)30-11-19(29)33/h2-10H,11-12H2,1H3,(H2,29,33)(H,30,34)(H,31,35)(H,32,36). The lowest BCUT2D eigenvalue weighted by atomic mass is 9.97. The minimum atomic E-state index is -1.79. The van der Waals surface area contributed by atoms with Gasteiger partial charge in [0, 0.05) is 16.8 Å². The molecule has 3 aromatic carbocycles. The average molecular weight is 498 g/mol. The van der Waals surface area contributed by atoms with Gasteiger partial charge in [0.1, 0.15) is 0 Å². The van der Waals surface area contributed by atoms with E-state index < -0.39 is 53.2 Å². The number of nitrogens with one attached hydrogen (secondary N) is 3. The summed E-state index contributed by atoms with van der Waals surface area (Å²) < 4.78 is 42.8. The Kier molecular flexibility index (Phi) is 8.05. The highest BCUT2D eigenvalue weighted by Crippen LogP contribution is 2.30. The lowest BCUT2D eigenvalue weighted by Gasteiger charge is -2.14. The molecule has 0 atom stereocenters. The first-order valence-corrected chi connectivity index (χ1v) is 10.6. The van der Waals surface area contributed by atoms with Crippen molar-refractivity contribution in [2.45, 2.75) is 6.92 Å². The maximum absolute atomic E-state index is 14.7. The van der Waals surface area contributed by atoms with Gasteiger partial charge in [-0.25, -0.2) is 13.2 Å². The van der Waals surface area contributed by atoms with E-state index in [4.69, 9.17) is 5.73 Å². The van der Waals surface area contributed by atoms with Crippen molar-refractivity contribution in [3.05, 3.63) is 88.7 Å². The molecule has 3 rings (SSSR count). The number of carbonyl (C=O) groups is 4. The fourth-order valence-corrected chi connectivity index (χ4v) is 3.22. The molecule has 36 heavy (non-hydrogen) atoms. The molecule has 186 valence electrons. The van der Waals surface area contributed by atoms with Gasteiger partial charge in [0.25, 0.3) is 11.8 Å². The highest BCUT2D eigenvalue weighted by Gasteiger charge is 2.25. The third kappa shape index (κ3) is 6.26. The van der Waals surface area contributed by atoms with Gasteiger partial charge in [-0.1, -0.05) is 35.9 Å². The Balaban J connectivity index is 1.81. The van der Waals surface area contributed by atoms with Crippen LogP contribution in [-0.2, 0) is 9.59 Å². The molecule has 3 aromatic rings. The Morgan fingerprint density at radius 1 is 0.833 bits per heavy atom. The SMILES string of the molecule is Cc1ccc(-c2cc(F)c(F)c(F)c2C(=O)Nc2cccc(C(=O)NCC(=O)NCC(N)=O)c2)cc1. The molecule has 11 heteroatoms. The predicted molar refractivity (Wildman–Crippen MR) is 125 cm³/mol. The van der Waals surface area contributed by atoms with Crippen LogP contribution in [-0.4, -0.2) is 36.7 Å². The van der Waals surface area contributed by atoms with Crippen LogP contribution in [0.4, 0.5) is 18.9 Å². The largest absolute Gasteiger partial charge is 0.368 e. The van der Waals surface area contributed by atoms with E-state index in [1.54, 1.807) is 31.2 Å². The summed E-state index contributed by atoms with van der Waals surface area (Å²) in [6.45, 7) is 0.976. The number of aryl methyl sites for hydroxylation is 1. The highest BCUT2D eigenvalue weighted by atomic mass is 19.2. The summed E-state index contributed by atoms with van der Waals surface area (Å²) in [5.41, 5.74) is 5.33. The van der Waals surface area contributed by atoms with E-state index in [0.29, 0.717) is 5.56 Å². The molecule has 0 aliphatic heterocycles. The van der Waals surface area contributed by atoms with E-state index in [-0.39, 0.29) is 23.4 Å². The Hall–Kier alpha value is -4.67. The van der Waals surface area contributed by atoms with Gasteiger partial charge in [0.05, 0.1) is 18.7 Å². The Labute approximate surface area is 203 Å². The molecule has 0 aliphatic carbocycles. The second-order valence-electron chi connectivity index (χ2n) is 7.74. The maximum atomic E-state index is 14.7. The normalized spacial score (nSPS) is 10.4. The maximum Gasteiger partial charge on any atom is 0.259 e. The lowest BCUT2D eigenvalue weighted by Crippen LogP contribution is -2.40. The van der Waals surface area contributed by atoms with Crippen molar-refractivity contribution < 1.29 is 32.3 Å². The van der Waals surface area contributed by atoms with Crippen LogP contribution in [0.25, 0.3) is 11.1 Å². The number of rotatable bonds is 8. The van der Waals surface area contributed by atoms with Crippen LogP contribution in [0, 0.1) is 24.4 Å². The van der Waals surface area contributed by atoms with E-state index in [0.717, 1.165) is 11.6 Å². The predicted octanol–water partition coefficient (Wildman–Crippen LogP) is 2.66. The number of nitrogens with two attached hydrogens (primary N) is 1. The quantitative estimate of drug-likeness (QED) is 0.356. The van der Waals surface area contributed by atoms with E-state index in [1.165, 1.54) is 24.3 Å². The Morgan fingerprint density at radius 3 is 2.19 bits per heavy atom. The summed E-state index contributed by atoms with van der Waals surface area (Å²) in [6, 6.07) is 12.6. The summed E-state index contributed by atoms with van der Waals surface area (Å²) in [7, 11) is 0. The molecule has 0 aromatic heterocycles. The number of benzene rings is 3. The molecule has 0 aliphatic rings. The molecule has 8 nitrogen and oxygen atoms in total. The van der Waals surface area contributed by atoms with Gasteiger partial charge in [-0.3, -0.25) is 19.2 Å². The van der Waals surface area contributed by atoms with Gasteiger partial charge in [-0.2, -0.15) is 0 Å². The van der Waals surface area contributed by atoms with Crippen LogP contribution >= 0.6 is 0 Å². The van der Waals surface area contributed by atoms with E-state index >= 15 is 0 Å². The van der Waals surface area contributed by atoms with Gasteiger partial charge < -0.3 is 21.7 Å². The molecule has 0 radical (unpaired) electrons. The Bertz CT molecular complexity index is 1340. The first kappa shape index (κ1) is 25.9. The molecule has 0 bridgehead atoms. The molecule has 0 heterocycles. The minimum absolute atomic E-state index is 0.0417. The highest BCUT2D eigenvalue weighted by molar-refractivity contribution is 6.09. The van der Waals surface area contributed by atoms with Crippen LogP contribution in [0.15, 0.2) is 54.6 Å². The van der Waals surface area contributed by atoms with Crippen LogP contribution in [0.2, 0.25) is 0 Å². The van der Waals surface area contributed by atoms with Crippen molar-refractivity contribution in [1.29, 1.82) is 0 Å². The first-order valence-electron chi connectivity index (χ1n) is 10.6. The van der Waals surface area contributed by atoms with Crippen LogP contribution in [0.1, 0.15) is 26.3 Å². The van der Waals surface area contributed by atoms with Crippen molar-refractivity contribution in [2.75, 3.05) is 18.4 Å². The molecule has 5 N–H and O–H groups in total. The molecule has 0 saturated carbocycles. The monoisotopic (exact) mass is 498 g/mol. The molecule has 0 spiro atoms. The second kappa shape index (κ2) is 11.2. The number of halogens is 3. The summed E-state index contributed by atoms with van der Waals surface area (Å²) in [6.07, 6.45) is 0. The zero-order valence-corrected chi connectivity index (χ0v) is 19.0. The van der Waals surface area contributed by atoms with Crippen molar-refractivity contribution in [2.24, 2.45) is 5.73 Å². The summed E-state index contributed by atoms with van der Waals surface area (Å²) >= 11 is 0. The van der Waals surface area contributed by atoms with Gasteiger partial charge >= 0.3 is 0 Å². The zero-order valence-electron chi connectivity index (χ0n) is 19.0. The van der Waals surface area contributed by atoms with Crippen LogP contribution in [0.5, 0.6) is 0 Å². The lowest BCUT2D eigenvalue weighted by molar-refractivity contribution is -0.124. The molecular formula is C25H21F3N4O4. The average Bonchev–Trinajstić information content (AvgIpc) is 2.84. The van der Waals surface area contributed by atoms with Gasteiger partial charge in [-0.15, -0.1) is 0 Å². The van der Waals surface area contributed by atoms with Gasteiger partial charge in [0.15, 0.2) is 17.5 Å². The fourth-order valence-electron chi connectivity index (χ4n) is 3.22. The number of amides is 4. The molecular weight excluding hydrogens is 477 g/mol. The molecule has 0 fully saturated rings. The van der Waals surface area contributed by atoms with Crippen molar-refractivity contribution >= 4 is 29.3 Å². The topological polar surface area (TPSA) is 130 Å². The smallest absolute Gasteiger partial charge is 0.259 e.